The summed E-state index contributed by atoms with van der Waals surface area (Å²) in [7, 11) is -2.13. The summed E-state index contributed by atoms with van der Waals surface area (Å²) in [5.74, 6) is -0.955. The Labute approximate surface area is 174 Å². The van der Waals surface area contributed by atoms with E-state index in [1.807, 2.05) is 0 Å². The van der Waals surface area contributed by atoms with Gasteiger partial charge in [0.15, 0.2) is 0 Å². The Hall–Kier alpha value is -2.16. The van der Waals surface area contributed by atoms with Gasteiger partial charge in [0, 0.05) is 18.1 Å². The zero-order valence-electron chi connectivity index (χ0n) is 15.9. The van der Waals surface area contributed by atoms with Crippen molar-refractivity contribution in [3.63, 3.8) is 0 Å². The van der Waals surface area contributed by atoms with Crippen molar-refractivity contribution >= 4 is 33.2 Å². The largest absolute Gasteiger partial charge is 0.495 e. The molecular weight excluding hydrogens is 419 g/mol. The number of piperidine rings is 1. The van der Waals surface area contributed by atoms with E-state index in [1.54, 1.807) is 18.2 Å². The fourth-order valence-electron chi connectivity index (χ4n) is 3.30. The van der Waals surface area contributed by atoms with Gasteiger partial charge < -0.3 is 10.1 Å². The predicted octanol–water partition coefficient (Wildman–Crippen LogP) is 3.67. The lowest BCUT2D eigenvalue weighted by atomic mass is 9.98. The average molecular weight is 441 g/mol. The maximum absolute atomic E-state index is 13.1. The third kappa shape index (κ3) is 5.46. The van der Waals surface area contributed by atoms with E-state index in [9.17, 15) is 17.6 Å². The van der Waals surface area contributed by atoms with Crippen molar-refractivity contribution in [2.45, 2.75) is 18.6 Å². The number of amides is 1. The second-order valence-corrected chi connectivity index (χ2v) is 9.32. The number of nitrogens with zero attached hydrogens (tertiary/aromatic N) is 1. The van der Waals surface area contributed by atoms with Crippen molar-refractivity contribution in [1.82, 2.24) is 4.31 Å². The standard InChI is InChI=1S/C20H22ClFN2O4S/c1-28-19-9-6-16(21)11-18(19)23-20(25)15-3-2-10-24(12-15)29(26,27)13-14-4-7-17(22)8-5-14/h4-9,11,15H,2-3,10,12-13H2,1H3,(H,23,25). The number of hydrogen-bond acceptors (Lipinski definition) is 4. The average Bonchev–Trinajstić information content (AvgIpc) is 2.70. The first-order valence-electron chi connectivity index (χ1n) is 9.15. The molecule has 29 heavy (non-hydrogen) atoms. The summed E-state index contributed by atoms with van der Waals surface area (Å²) in [4.78, 5) is 12.7. The van der Waals surface area contributed by atoms with E-state index in [0.29, 0.717) is 41.4 Å². The van der Waals surface area contributed by atoms with Gasteiger partial charge in [0.2, 0.25) is 15.9 Å². The van der Waals surface area contributed by atoms with Crippen molar-refractivity contribution in [1.29, 1.82) is 0 Å². The summed E-state index contributed by atoms with van der Waals surface area (Å²) in [6.45, 7) is 0.450. The van der Waals surface area contributed by atoms with Crippen LogP contribution in [0.4, 0.5) is 10.1 Å². The Kier molecular flexibility index (Phi) is 6.77. The molecule has 1 aliphatic rings. The van der Waals surface area contributed by atoms with Crippen LogP contribution < -0.4 is 10.1 Å². The number of ether oxygens (including phenoxy) is 1. The minimum Gasteiger partial charge on any atom is -0.495 e. The van der Waals surface area contributed by atoms with Gasteiger partial charge in [0.1, 0.15) is 11.6 Å². The third-order valence-electron chi connectivity index (χ3n) is 4.83. The molecule has 0 aliphatic carbocycles. The van der Waals surface area contributed by atoms with Crippen molar-refractivity contribution in [3.05, 3.63) is 58.9 Å². The van der Waals surface area contributed by atoms with Gasteiger partial charge in [0.25, 0.3) is 0 Å². The van der Waals surface area contributed by atoms with Crippen LogP contribution in [0.1, 0.15) is 18.4 Å². The highest BCUT2D eigenvalue weighted by molar-refractivity contribution is 7.88. The van der Waals surface area contributed by atoms with Crippen molar-refractivity contribution in [2.24, 2.45) is 5.92 Å². The molecule has 2 aromatic rings. The molecule has 1 unspecified atom stereocenters. The third-order valence-corrected chi connectivity index (χ3v) is 6.88. The molecule has 1 heterocycles. The van der Waals surface area contributed by atoms with Crippen molar-refractivity contribution < 1.29 is 22.3 Å². The van der Waals surface area contributed by atoms with Crippen molar-refractivity contribution in [3.8, 4) is 5.75 Å². The summed E-state index contributed by atoms with van der Waals surface area (Å²) in [6.07, 6.45) is 1.16. The minimum atomic E-state index is -3.62. The first kappa shape index (κ1) is 21.5. The highest BCUT2D eigenvalue weighted by Gasteiger charge is 2.32. The summed E-state index contributed by atoms with van der Waals surface area (Å²) in [6, 6.07) is 10.3. The second kappa shape index (κ2) is 9.11. The molecule has 1 N–H and O–H groups in total. The number of halogens is 2. The number of hydrogen-bond donors (Lipinski definition) is 1. The lowest BCUT2D eigenvalue weighted by molar-refractivity contribution is -0.120. The highest BCUT2D eigenvalue weighted by atomic mass is 35.5. The summed E-state index contributed by atoms with van der Waals surface area (Å²) in [5, 5.41) is 3.24. The van der Waals surface area contributed by atoms with E-state index < -0.39 is 21.8 Å². The maximum Gasteiger partial charge on any atom is 0.228 e. The van der Waals surface area contributed by atoms with Gasteiger partial charge in [-0.05, 0) is 48.7 Å². The molecule has 1 saturated heterocycles. The molecular formula is C20H22ClFN2O4S. The van der Waals surface area contributed by atoms with E-state index in [-0.39, 0.29) is 18.2 Å². The Morgan fingerprint density at radius 1 is 1.28 bits per heavy atom. The van der Waals surface area contributed by atoms with E-state index >= 15 is 0 Å². The van der Waals surface area contributed by atoms with E-state index in [2.05, 4.69) is 5.32 Å². The van der Waals surface area contributed by atoms with E-state index in [0.717, 1.165) is 0 Å². The first-order valence-corrected chi connectivity index (χ1v) is 11.1. The minimum absolute atomic E-state index is 0.0955. The van der Waals surface area contributed by atoms with Gasteiger partial charge in [-0.25, -0.2) is 17.1 Å². The van der Waals surface area contributed by atoms with Crippen LogP contribution in [0.25, 0.3) is 0 Å². The highest BCUT2D eigenvalue weighted by Crippen LogP contribution is 2.29. The van der Waals surface area contributed by atoms with Gasteiger partial charge in [-0.1, -0.05) is 23.7 Å². The van der Waals surface area contributed by atoms with E-state index in [4.69, 9.17) is 16.3 Å². The maximum atomic E-state index is 13.1. The molecule has 1 aliphatic heterocycles. The van der Waals surface area contributed by atoms with Gasteiger partial charge in [-0.3, -0.25) is 4.79 Å². The molecule has 2 aromatic carbocycles. The number of rotatable bonds is 6. The molecule has 6 nitrogen and oxygen atoms in total. The first-order chi connectivity index (χ1) is 13.8. The van der Waals surface area contributed by atoms with Crippen molar-refractivity contribution in [2.75, 3.05) is 25.5 Å². The molecule has 0 saturated carbocycles. The molecule has 0 spiro atoms. The Morgan fingerprint density at radius 3 is 2.69 bits per heavy atom. The quantitative estimate of drug-likeness (QED) is 0.743. The van der Waals surface area contributed by atoms with Crippen LogP contribution in [-0.4, -0.2) is 38.8 Å². The SMILES string of the molecule is COc1ccc(Cl)cc1NC(=O)C1CCCN(S(=O)(=O)Cc2ccc(F)cc2)C1. The zero-order chi connectivity index (χ0) is 21.0. The number of benzene rings is 2. The number of anilines is 1. The number of methoxy groups -OCH3 is 1. The number of sulfonamides is 1. The topological polar surface area (TPSA) is 75.7 Å². The summed E-state index contributed by atoms with van der Waals surface area (Å²) in [5.41, 5.74) is 0.943. The molecule has 1 amide bonds. The van der Waals surface area contributed by atoms with Crippen LogP contribution in [0.3, 0.4) is 0 Å². The molecule has 1 atom stereocenters. The molecule has 156 valence electrons. The fourth-order valence-corrected chi connectivity index (χ4v) is 5.09. The smallest absolute Gasteiger partial charge is 0.228 e. The van der Waals surface area contributed by atoms with Crippen LogP contribution in [0, 0.1) is 11.7 Å². The normalized spacial score (nSPS) is 17.7. The molecule has 1 fully saturated rings. The fraction of sp³-hybridized carbons (Fsp3) is 0.350. The molecule has 0 aromatic heterocycles. The van der Waals surface area contributed by atoms with Gasteiger partial charge in [-0.2, -0.15) is 0 Å². The molecule has 9 heteroatoms. The summed E-state index contributed by atoms with van der Waals surface area (Å²) < 4.78 is 45.2. The van der Waals surface area contributed by atoms with Crippen LogP contribution in [0.15, 0.2) is 42.5 Å². The Bertz CT molecular complexity index is 982. The van der Waals surface area contributed by atoms with Crippen LogP contribution in [0.5, 0.6) is 5.75 Å². The zero-order valence-corrected chi connectivity index (χ0v) is 17.5. The van der Waals surface area contributed by atoms with E-state index in [1.165, 1.54) is 35.7 Å². The Morgan fingerprint density at radius 2 is 2.00 bits per heavy atom. The van der Waals surface area contributed by atoms with Gasteiger partial charge in [0.05, 0.1) is 24.5 Å². The monoisotopic (exact) mass is 440 g/mol. The number of carbonyl (C=O) groups excluding carboxylic acids is 1. The lowest BCUT2D eigenvalue weighted by Gasteiger charge is -2.31. The van der Waals surface area contributed by atoms with Crippen LogP contribution >= 0.6 is 11.6 Å². The van der Waals surface area contributed by atoms with Crippen LogP contribution in [0.2, 0.25) is 5.02 Å². The predicted molar refractivity (Wildman–Crippen MR) is 110 cm³/mol. The second-order valence-electron chi connectivity index (χ2n) is 6.91. The molecule has 3 rings (SSSR count). The van der Waals surface area contributed by atoms with Crippen LogP contribution in [-0.2, 0) is 20.6 Å². The lowest BCUT2D eigenvalue weighted by Crippen LogP contribution is -2.44. The molecule has 0 radical (unpaired) electrons. The molecule has 0 bridgehead atoms. The van der Waals surface area contributed by atoms with Gasteiger partial charge in [-0.15, -0.1) is 0 Å². The number of nitrogens with one attached hydrogen (secondary N) is 1. The summed E-state index contributed by atoms with van der Waals surface area (Å²) >= 11 is 5.99. The van der Waals surface area contributed by atoms with Gasteiger partial charge >= 0.3 is 0 Å². The number of carbonyl (C=O) groups is 1. The Balaban J connectivity index is 1.69.